The molecular formula is C15H18N2O5S3. The largest absolute Gasteiger partial charge is 0.481 e. The zero-order chi connectivity index (χ0) is 18.4. The molecule has 0 bridgehead atoms. The summed E-state index contributed by atoms with van der Waals surface area (Å²) in [5, 5.41) is 21.6. The monoisotopic (exact) mass is 402 g/mol. The third kappa shape index (κ3) is 2.57. The summed E-state index contributed by atoms with van der Waals surface area (Å²) in [6.07, 6.45) is 1.85. The van der Waals surface area contributed by atoms with Gasteiger partial charge in [0.2, 0.25) is 5.91 Å². The second-order valence-corrected chi connectivity index (χ2v) is 9.45. The summed E-state index contributed by atoms with van der Waals surface area (Å²) >= 11 is 4.12. The van der Waals surface area contributed by atoms with Crippen molar-refractivity contribution in [2.24, 2.45) is 5.41 Å². The molecule has 1 aromatic heterocycles. The molecule has 2 unspecified atom stereocenters. The molecule has 7 nitrogen and oxygen atoms in total. The summed E-state index contributed by atoms with van der Waals surface area (Å²) in [7, 11) is 0. The van der Waals surface area contributed by atoms with E-state index in [9.17, 15) is 24.6 Å². The number of aliphatic hydroxyl groups excluding tert-OH is 1. The van der Waals surface area contributed by atoms with Gasteiger partial charge in [0.1, 0.15) is 5.41 Å². The van der Waals surface area contributed by atoms with Gasteiger partial charge in [0.25, 0.3) is 5.91 Å². The van der Waals surface area contributed by atoms with Gasteiger partial charge in [-0.25, -0.2) is 0 Å². The van der Waals surface area contributed by atoms with E-state index in [1.165, 1.54) is 51.6 Å². The molecule has 2 fully saturated rings. The van der Waals surface area contributed by atoms with Crippen molar-refractivity contribution in [3.05, 3.63) is 17.5 Å². The Bertz CT molecular complexity index is 712. The van der Waals surface area contributed by atoms with Crippen molar-refractivity contribution < 1.29 is 24.6 Å². The van der Waals surface area contributed by atoms with Crippen LogP contribution in [0.5, 0.6) is 0 Å². The summed E-state index contributed by atoms with van der Waals surface area (Å²) in [4.78, 5) is 39.7. The van der Waals surface area contributed by atoms with Crippen LogP contribution in [-0.4, -0.2) is 68.3 Å². The van der Waals surface area contributed by atoms with E-state index in [0.29, 0.717) is 5.00 Å². The Kier molecular flexibility index (Phi) is 4.82. The molecule has 2 aliphatic heterocycles. The number of β-lactam (4-membered cyclic amide) rings is 1. The standard InChI is InChI=1S/C15H18N2O5S3/c1-9(19)17(10-4-3-5-24-10)11-12(20)16-6-14(7-18,13(21)22)8-25-15(11,16)23-2/h3-5,11,18H,6-8H2,1-2H3,(H,21,22)/t11?,14?,15-/m1/s1. The number of carboxylic acids is 1. The number of fused-ring (bicyclic) bond motifs is 1. The van der Waals surface area contributed by atoms with Gasteiger partial charge < -0.3 is 15.1 Å². The van der Waals surface area contributed by atoms with Crippen molar-refractivity contribution in [2.45, 2.75) is 17.2 Å². The molecule has 2 aliphatic rings. The fourth-order valence-corrected chi connectivity index (χ4v) is 6.91. The maximum Gasteiger partial charge on any atom is 0.314 e. The fourth-order valence-electron chi connectivity index (χ4n) is 3.19. The van der Waals surface area contributed by atoms with Crippen molar-refractivity contribution in [1.29, 1.82) is 0 Å². The average Bonchev–Trinajstić information content (AvgIpc) is 3.11. The zero-order valence-electron chi connectivity index (χ0n) is 13.7. The molecule has 3 atom stereocenters. The third-order valence-corrected chi connectivity index (χ3v) is 8.93. The minimum Gasteiger partial charge on any atom is -0.481 e. The highest BCUT2D eigenvalue weighted by atomic mass is 32.2. The molecule has 2 saturated heterocycles. The summed E-state index contributed by atoms with van der Waals surface area (Å²) in [6.45, 7) is 0.834. The number of hydrogen-bond acceptors (Lipinski definition) is 7. The predicted molar refractivity (Wildman–Crippen MR) is 98.8 cm³/mol. The molecule has 25 heavy (non-hydrogen) atoms. The van der Waals surface area contributed by atoms with Crippen LogP contribution in [-0.2, 0) is 14.4 Å². The second-order valence-electron chi connectivity index (χ2n) is 6.03. The maximum atomic E-state index is 12.9. The van der Waals surface area contributed by atoms with Gasteiger partial charge in [-0.3, -0.25) is 19.3 Å². The number of nitrogens with zero attached hydrogens (tertiary/aromatic N) is 2. The molecule has 0 radical (unpaired) electrons. The highest BCUT2D eigenvalue weighted by Crippen LogP contribution is 2.57. The van der Waals surface area contributed by atoms with Gasteiger partial charge in [0.05, 0.1) is 11.6 Å². The van der Waals surface area contributed by atoms with Gasteiger partial charge in [-0.2, -0.15) is 0 Å². The van der Waals surface area contributed by atoms with Gasteiger partial charge in [0.15, 0.2) is 10.2 Å². The van der Waals surface area contributed by atoms with Crippen LogP contribution < -0.4 is 4.90 Å². The van der Waals surface area contributed by atoms with Crippen molar-refractivity contribution in [3.63, 3.8) is 0 Å². The third-order valence-electron chi connectivity index (χ3n) is 4.63. The van der Waals surface area contributed by atoms with Crippen LogP contribution in [0, 0.1) is 5.41 Å². The lowest BCUT2D eigenvalue weighted by atomic mass is 9.87. The Morgan fingerprint density at radius 3 is 2.72 bits per heavy atom. The van der Waals surface area contributed by atoms with E-state index >= 15 is 0 Å². The SMILES string of the molecule is CS[C@]12SCC(CO)(C(=O)O)CN1C(=O)C2N(C(C)=O)c1cccs1. The van der Waals surface area contributed by atoms with Crippen LogP contribution >= 0.6 is 34.9 Å². The molecule has 1 aromatic rings. The Morgan fingerprint density at radius 1 is 1.52 bits per heavy atom. The van der Waals surface area contributed by atoms with Crippen molar-refractivity contribution in [2.75, 3.05) is 30.1 Å². The highest BCUT2D eigenvalue weighted by Gasteiger charge is 2.68. The van der Waals surface area contributed by atoms with Crippen LogP contribution in [0.4, 0.5) is 5.00 Å². The van der Waals surface area contributed by atoms with E-state index in [4.69, 9.17) is 0 Å². The van der Waals surface area contributed by atoms with E-state index in [0.717, 1.165) is 0 Å². The van der Waals surface area contributed by atoms with Crippen molar-refractivity contribution in [1.82, 2.24) is 4.90 Å². The minimum absolute atomic E-state index is 0.0573. The summed E-state index contributed by atoms with van der Waals surface area (Å²) in [6, 6.07) is 2.92. The summed E-state index contributed by atoms with van der Waals surface area (Å²) in [5.74, 6) is -1.46. The lowest BCUT2D eigenvalue weighted by molar-refractivity contribution is -0.161. The average molecular weight is 403 g/mol. The van der Waals surface area contributed by atoms with Gasteiger partial charge >= 0.3 is 5.97 Å². The van der Waals surface area contributed by atoms with E-state index in [1.54, 1.807) is 6.07 Å². The zero-order valence-corrected chi connectivity index (χ0v) is 16.1. The number of carboxylic acid groups (broad SMARTS) is 1. The maximum absolute atomic E-state index is 12.9. The van der Waals surface area contributed by atoms with Crippen LogP contribution in [0.2, 0.25) is 0 Å². The Balaban J connectivity index is 1.96. The molecule has 0 saturated carbocycles. The highest BCUT2D eigenvalue weighted by molar-refractivity contribution is 8.18. The van der Waals surface area contributed by atoms with Crippen LogP contribution in [0.25, 0.3) is 0 Å². The Hall–Kier alpha value is -1.23. The predicted octanol–water partition coefficient (Wildman–Crippen LogP) is 1.14. The van der Waals surface area contributed by atoms with Gasteiger partial charge in [-0.15, -0.1) is 34.9 Å². The number of carbonyl (C=O) groups is 3. The number of aliphatic hydroxyl groups is 1. The molecule has 2 amide bonds. The van der Waals surface area contributed by atoms with Crippen molar-refractivity contribution in [3.8, 4) is 0 Å². The number of thioether (sulfide) groups is 2. The van der Waals surface area contributed by atoms with Crippen LogP contribution in [0.3, 0.4) is 0 Å². The second kappa shape index (κ2) is 6.49. The topological polar surface area (TPSA) is 98.2 Å². The lowest BCUT2D eigenvalue weighted by Gasteiger charge is -2.62. The number of rotatable bonds is 5. The first-order chi connectivity index (χ1) is 11.8. The van der Waals surface area contributed by atoms with Crippen LogP contribution in [0.1, 0.15) is 6.92 Å². The Morgan fingerprint density at radius 2 is 2.24 bits per heavy atom. The summed E-state index contributed by atoms with van der Waals surface area (Å²) in [5.41, 5.74) is -1.37. The first-order valence-electron chi connectivity index (χ1n) is 7.51. The molecule has 0 spiro atoms. The molecule has 10 heteroatoms. The van der Waals surface area contributed by atoms with E-state index in [2.05, 4.69) is 0 Å². The van der Waals surface area contributed by atoms with E-state index in [1.807, 2.05) is 17.7 Å². The number of aliphatic carboxylic acids is 1. The molecular weight excluding hydrogens is 384 g/mol. The minimum atomic E-state index is -1.37. The number of thiophene rings is 1. The van der Waals surface area contributed by atoms with Crippen molar-refractivity contribution >= 4 is 57.6 Å². The number of amides is 2. The molecule has 3 rings (SSSR count). The van der Waals surface area contributed by atoms with E-state index < -0.39 is 28.2 Å². The molecule has 136 valence electrons. The normalized spacial score (nSPS) is 31.2. The lowest BCUT2D eigenvalue weighted by Crippen LogP contribution is -2.80. The number of carbonyl (C=O) groups excluding carboxylic acids is 2. The van der Waals surface area contributed by atoms with Gasteiger partial charge in [0, 0.05) is 19.2 Å². The number of hydrogen-bond donors (Lipinski definition) is 2. The molecule has 2 N–H and O–H groups in total. The van der Waals surface area contributed by atoms with Gasteiger partial charge in [-0.1, -0.05) is 0 Å². The fraction of sp³-hybridized carbons (Fsp3) is 0.533. The number of anilines is 1. The van der Waals surface area contributed by atoms with E-state index in [-0.39, 0.29) is 24.1 Å². The quantitative estimate of drug-likeness (QED) is 0.713. The van der Waals surface area contributed by atoms with Gasteiger partial charge in [-0.05, 0) is 23.8 Å². The first kappa shape index (κ1) is 18.6. The molecule has 0 aromatic carbocycles. The summed E-state index contributed by atoms with van der Waals surface area (Å²) < 4.78 is -0.735. The van der Waals surface area contributed by atoms with Crippen LogP contribution in [0.15, 0.2) is 17.5 Å². The molecule has 3 heterocycles. The molecule has 0 aliphatic carbocycles. The Labute approximate surface area is 157 Å². The smallest absolute Gasteiger partial charge is 0.314 e. The first-order valence-corrected chi connectivity index (χ1v) is 10.6.